The lowest BCUT2D eigenvalue weighted by atomic mass is 10.0. The van der Waals surface area contributed by atoms with Crippen molar-refractivity contribution in [3.05, 3.63) is 24.3 Å². The Morgan fingerprint density at radius 1 is 1.08 bits per heavy atom. The normalized spacial score (nSPS) is 26.0. The van der Waals surface area contributed by atoms with Gasteiger partial charge in [0.1, 0.15) is 0 Å². The van der Waals surface area contributed by atoms with Crippen molar-refractivity contribution in [3.8, 4) is 0 Å². The number of nitrogens with one attached hydrogen (secondary N) is 2. The number of rotatable bonds is 5. The lowest BCUT2D eigenvalue weighted by molar-refractivity contribution is 0.349. The summed E-state index contributed by atoms with van der Waals surface area (Å²) in [5.74, 6) is 0. The van der Waals surface area contributed by atoms with E-state index in [-0.39, 0.29) is 21.9 Å². The number of nitrogens with zero attached hydrogens (tertiary/aromatic N) is 1. The molecule has 0 aliphatic carbocycles. The molecule has 0 aromatic heterocycles. The van der Waals surface area contributed by atoms with E-state index in [1.54, 1.807) is 0 Å². The summed E-state index contributed by atoms with van der Waals surface area (Å²) < 4.78 is 54.8. The molecule has 2 unspecified atom stereocenters. The van der Waals surface area contributed by atoms with Gasteiger partial charge in [-0.2, -0.15) is 4.31 Å². The fraction of sp³-hybridized carbons (Fsp3) is 0.625. The van der Waals surface area contributed by atoms with Crippen molar-refractivity contribution in [1.82, 2.24) is 14.3 Å². The van der Waals surface area contributed by atoms with Crippen LogP contribution in [0.15, 0.2) is 34.1 Å². The van der Waals surface area contributed by atoms with Crippen molar-refractivity contribution < 1.29 is 16.8 Å². The van der Waals surface area contributed by atoms with Gasteiger partial charge in [0.25, 0.3) is 0 Å². The highest BCUT2D eigenvalue weighted by molar-refractivity contribution is 7.90. The summed E-state index contributed by atoms with van der Waals surface area (Å²) in [6.45, 7) is 3.80. The van der Waals surface area contributed by atoms with Crippen LogP contribution in [0.1, 0.15) is 32.6 Å². The van der Waals surface area contributed by atoms with Crippen LogP contribution >= 0.6 is 0 Å². The molecule has 140 valence electrons. The predicted molar refractivity (Wildman–Crippen MR) is 95.2 cm³/mol. The number of hydrogen-bond acceptors (Lipinski definition) is 5. The van der Waals surface area contributed by atoms with Gasteiger partial charge in [0.2, 0.25) is 20.0 Å². The molecule has 0 spiro atoms. The Hall–Kier alpha value is -1.00. The molecule has 9 heteroatoms. The summed E-state index contributed by atoms with van der Waals surface area (Å²) >= 11 is 0. The van der Waals surface area contributed by atoms with E-state index in [0.29, 0.717) is 13.1 Å². The Morgan fingerprint density at radius 3 is 2.44 bits per heavy atom. The largest absolute Gasteiger partial charge is 0.313 e. The second-order valence-electron chi connectivity index (χ2n) is 6.70. The van der Waals surface area contributed by atoms with Crippen LogP contribution in [0.25, 0.3) is 0 Å². The van der Waals surface area contributed by atoms with Crippen molar-refractivity contribution in [2.45, 2.75) is 54.5 Å². The molecule has 2 heterocycles. The van der Waals surface area contributed by atoms with E-state index < -0.39 is 20.0 Å². The second-order valence-corrected chi connectivity index (χ2v) is 10.4. The first-order valence-corrected chi connectivity index (χ1v) is 11.6. The molecule has 0 bridgehead atoms. The highest BCUT2D eigenvalue weighted by Crippen LogP contribution is 2.23. The average molecular weight is 388 g/mol. The minimum absolute atomic E-state index is 0.00875. The van der Waals surface area contributed by atoms with Crippen LogP contribution in [0.2, 0.25) is 0 Å². The van der Waals surface area contributed by atoms with E-state index in [1.165, 1.54) is 28.6 Å². The molecule has 1 aromatic carbocycles. The molecule has 2 fully saturated rings. The zero-order valence-corrected chi connectivity index (χ0v) is 15.9. The standard InChI is InChI=1S/C16H25N3O4S2/c1-13-16(8-5-9-17-13)18-24(20,21)14-6-4-7-15(12-14)25(22,23)19-10-2-3-11-19/h4,6-7,12-13,16-18H,2-3,5,8-11H2,1H3. The molecule has 7 nitrogen and oxygen atoms in total. The lowest BCUT2D eigenvalue weighted by Crippen LogP contribution is -2.51. The molecule has 25 heavy (non-hydrogen) atoms. The van der Waals surface area contributed by atoms with Gasteiger partial charge in [-0.1, -0.05) is 6.07 Å². The van der Waals surface area contributed by atoms with Crippen molar-refractivity contribution >= 4 is 20.0 Å². The number of benzene rings is 1. The van der Waals surface area contributed by atoms with E-state index in [1.807, 2.05) is 6.92 Å². The monoisotopic (exact) mass is 387 g/mol. The summed E-state index contributed by atoms with van der Waals surface area (Å²) in [4.78, 5) is 0.0256. The van der Waals surface area contributed by atoms with Crippen LogP contribution in [0.4, 0.5) is 0 Å². The Bertz CT molecular complexity index is 818. The highest BCUT2D eigenvalue weighted by atomic mass is 32.2. The molecule has 2 aliphatic heterocycles. The highest BCUT2D eigenvalue weighted by Gasteiger charge is 2.30. The van der Waals surface area contributed by atoms with Crippen molar-refractivity contribution in [2.24, 2.45) is 0 Å². The lowest BCUT2D eigenvalue weighted by Gasteiger charge is -2.30. The molecule has 2 N–H and O–H groups in total. The molecule has 0 radical (unpaired) electrons. The molecule has 1 aromatic rings. The fourth-order valence-electron chi connectivity index (χ4n) is 3.35. The van der Waals surface area contributed by atoms with E-state index in [9.17, 15) is 16.8 Å². The Labute approximate surface area is 149 Å². The first-order chi connectivity index (χ1) is 11.8. The topological polar surface area (TPSA) is 95.6 Å². The molecular formula is C16H25N3O4S2. The van der Waals surface area contributed by atoms with Gasteiger partial charge in [-0.3, -0.25) is 0 Å². The third kappa shape index (κ3) is 4.06. The maximum Gasteiger partial charge on any atom is 0.243 e. The molecule has 2 saturated heterocycles. The smallest absolute Gasteiger partial charge is 0.243 e. The van der Waals surface area contributed by atoms with E-state index in [0.717, 1.165) is 32.2 Å². The molecule has 0 saturated carbocycles. The van der Waals surface area contributed by atoms with Gasteiger partial charge in [0.15, 0.2) is 0 Å². The minimum Gasteiger partial charge on any atom is -0.313 e. The maximum absolute atomic E-state index is 12.7. The molecular weight excluding hydrogens is 362 g/mol. The summed E-state index contributed by atoms with van der Waals surface area (Å²) in [5, 5.41) is 3.25. The Morgan fingerprint density at radius 2 is 1.76 bits per heavy atom. The van der Waals surface area contributed by atoms with Gasteiger partial charge in [-0.05, 0) is 57.4 Å². The summed E-state index contributed by atoms with van der Waals surface area (Å²) in [6, 6.07) is 5.48. The van der Waals surface area contributed by atoms with Crippen molar-refractivity contribution in [1.29, 1.82) is 0 Å². The quantitative estimate of drug-likeness (QED) is 0.782. The van der Waals surface area contributed by atoms with Crippen molar-refractivity contribution in [3.63, 3.8) is 0 Å². The first-order valence-electron chi connectivity index (χ1n) is 8.67. The molecule has 2 atom stereocenters. The van der Waals surface area contributed by atoms with Gasteiger partial charge in [-0.25, -0.2) is 21.6 Å². The van der Waals surface area contributed by atoms with Crippen LogP contribution in [0.3, 0.4) is 0 Å². The second kappa shape index (κ2) is 7.32. The van der Waals surface area contributed by atoms with Crippen LogP contribution in [-0.2, 0) is 20.0 Å². The third-order valence-electron chi connectivity index (χ3n) is 4.89. The summed E-state index contributed by atoms with van der Waals surface area (Å²) in [6.07, 6.45) is 3.34. The zero-order chi connectivity index (χ0) is 18.1. The van der Waals surface area contributed by atoms with E-state index in [2.05, 4.69) is 10.0 Å². The van der Waals surface area contributed by atoms with Gasteiger partial charge in [0, 0.05) is 25.2 Å². The predicted octanol–water partition coefficient (Wildman–Crippen LogP) is 0.890. The maximum atomic E-state index is 12.7. The molecule has 3 rings (SSSR count). The van der Waals surface area contributed by atoms with E-state index >= 15 is 0 Å². The van der Waals surface area contributed by atoms with Gasteiger partial charge >= 0.3 is 0 Å². The first kappa shape index (κ1) is 18.8. The Balaban J connectivity index is 1.85. The Kier molecular flexibility index (Phi) is 5.50. The average Bonchev–Trinajstić information content (AvgIpc) is 3.12. The molecule has 0 amide bonds. The number of piperidine rings is 1. The van der Waals surface area contributed by atoms with Gasteiger partial charge in [-0.15, -0.1) is 0 Å². The summed E-state index contributed by atoms with van der Waals surface area (Å²) in [7, 11) is -7.41. The zero-order valence-electron chi connectivity index (χ0n) is 14.3. The SMILES string of the molecule is CC1NCCCC1NS(=O)(=O)c1cccc(S(=O)(=O)N2CCCC2)c1. The summed E-state index contributed by atoms with van der Waals surface area (Å²) in [5.41, 5.74) is 0. The van der Waals surface area contributed by atoms with Crippen LogP contribution in [0.5, 0.6) is 0 Å². The molecule has 2 aliphatic rings. The van der Waals surface area contributed by atoms with E-state index in [4.69, 9.17) is 0 Å². The third-order valence-corrected chi connectivity index (χ3v) is 8.27. The number of sulfonamides is 2. The number of hydrogen-bond donors (Lipinski definition) is 2. The van der Waals surface area contributed by atoms with Crippen molar-refractivity contribution in [2.75, 3.05) is 19.6 Å². The van der Waals surface area contributed by atoms with Crippen LogP contribution in [0, 0.1) is 0 Å². The van der Waals surface area contributed by atoms with Crippen LogP contribution < -0.4 is 10.0 Å². The van der Waals surface area contributed by atoms with Gasteiger partial charge < -0.3 is 5.32 Å². The van der Waals surface area contributed by atoms with Crippen LogP contribution in [-0.4, -0.2) is 52.9 Å². The fourth-order valence-corrected chi connectivity index (χ4v) is 6.39. The minimum atomic E-state index is -3.77. The van der Waals surface area contributed by atoms with Gasteiger partial charge in [0.05, 0.1) is 9.79 Å².